The molecule has 3 aromatic heterocycles. The Kier molecular flexibility index (Phi) is 6.01. The molecule has 10 rings (SSSR count). The molecule has 0 aliphatic heterocycles. The third-order valence-corrected chi connectivity index (χ3v) is 10.2. The number of oxazole rings is 1. The van der Waals surface area contributed by atoms with E-state index in [9.17, 15) is 0 Å². The number of hydrogen-bond acceptors (Lipinski definition) is 5. The van der Waals surface area contributed by atoms with Crippen molar-refractivity contribution in [1.82, 2.24) is 4.98 Å². The van der Waals surface area contributed by atoms with Crippen molar-refractivity contribution in [3.63, 3.8) is 0 Å². The first kappa shape index (κ1) is 27.0. The van der Waals surface area contributed by atoms with Crippen LogP contribution in [-0.2, 0) is 0 Å². The minimum Gasteiger partial charge on any atom is -0.454 e. The number of rotatable bonds is 5. The van der Waals surface area contributed by atoms with Crippen molar-refractivity contribution in [2.75, 3.05) is 4.90 Å². The summed E-state index contributed by atoms with van der Waals surface area (Å²) in [7, 11) is 0. The average molecular weight is 635 g/mol. The van der Waals surface area contributed by atoms with E-state index < -0.39 is 0 Å². The number of anilines is 3. The Labute approximate surface area is 279 Å². The standard InChI is InChI=1S/C43H26N2O2S/c1-3-11-27(12-4-1)29-15-9-16-30(25-29)45(31-21-22-33-32-17-7-8-20-38(32)48-39(33)26-31)35-19-10-18-34-40-36(46-42(34)35)23-24-37-41(40)44-43(47-37)28-13-5-2-6-14-28/h1-26H. The quantitative estimate of drug-likeness (QED) is 0.189. The van der Waals surface area contributed by atoms with E-state index in [1.54, 1.807) is 0 Å². The number of para-hydroxylation sites is 1. The number of hydrogen-bond donors (Lipinski definition) is 0. The fraction of sp³-hybridized carbons (Fsp3) is 0. The number of benzene rings is 7. The summed E-state index contributed by atoms with van der Waals surface area (Å²) >= 11 is 1.82. The Bertz CT molecular complexity index is 2790. The van der Waals surface area contributed by atoms with Gasteiger partial charge in [-0.25, -0.2) is 4.98 Å². The molecule has 4 nitrogen and oxygen atoms in total. The van der Waals surface area contributed by atoms with Gasteiger partial charge in [-0.3, -0.25) is 0 Å². The van der Waals surface area contributed by atoms with Gasteiger partial charge in [0.2, 0.25) is 5.89 Å². The Morgan fingerprint density at radius 2 is 1.17 bits per heavy atom. The summed E-state index contributed by atoms with van der Waals surface area (Å²) in [6, 6.07) is 55.0. The normalized spacial score (nSPS) is 11.8. The van der Waals surface area contributed by atoms with Gasteiger partial charge in [0.05, 0.1) is 11.1 Å². The molecule has 0 spiro atoms. The van der Waals surface area contributed by atoms with Crippen molar-refractivity contribution in [2.45, 2.75) is 0 Å². The fourth-order valence-electron chi connectivity index (χ4n) is 6.88. The van der Waals surface area contributed by atoms with Gasteiger partial charge in [-0.15, -0.1) is 11.3 Å². The first-order valence-corrected chi connectivity index (χ1v) is 16.8. The highest BCUT2D eigenvalue weighted by atomic mass is 32.1. The maximum absolute atomic E-state index is 6.76. The third kappa shape index (κ3) is 4.25. The minimum absolute atomic E-state index is 0.597. The molecule has 0 saturated carbocycles. The summed E-state index contributed by atoms with van der Waals surface area (Å²) in [5, 5.41) is 4.50. The Balaban J connectivity index is 1.22. The molecule has 0 amide bonds. The molecule has 0 fully saturated rings. The molecule has 0 atom stereocenters. The lowest BCUT2D eigenvalue weighted by Crippen LogP contribution is -2.10. The van der Waals surface area contributed by atoms with Gasteiger partial charge < -0.3 is 13.7 Å². The lowest BCUT2D eigenvalue weighted by atomic mass is 10.0. The van der Waals surface area contributed by atoms with Crippen LogP contribution in [0.25, 0.3) is 75.8 Å². The van der Waals surface area contributed by atoms with E-state index >= 15 is 0 Å². The number of thiophene rings is 1. The Morgan fingerprint density at radius 1 is 0.479 bits per heavy atom. The summed E-state index contributed by atoms with van der Waals surface area (Å²) in [4.78, 5) is 7.30. The van der Waals surface area contributed by atoms with Crippen LogP contribution in [0.2, 0.25) is 0 Å². The molecule has 226 valence electrons. The van der Waals surface area contributed by atoms with E-state index in [2.05, 4.69) is 120 Å². The van der Waals surface area contributed by atoms with E-state index in [1.165, 1.54) is 25.7 Å². The van der Waals surface area contributed by atoms with Gasteiger partial charge in [0.15, 0.2) is 11.2 Å². The maximum atomic E-state index is 6.76. The molecule has 0 aliphatic carbocycles. The maximum Gasteiger partial charge on any atom is 0.227 e. The van der Waals surface area contributed by atoms with E-state index in [1.807, 2.05) is 53.8 Å². The van der Waals surface area contributed by atoms with Gasteiger partial charge in [-0.1, -0.05) is 97.1 Å². The van der Waals surface area contributed by atoms with Crippen LogP contribution in [0.3, 0.4) is 0 Å². The van der Waals surface area contributed by atoms with Crippen molar-refractivity contribution in [2.24, 2.45) is 0 Å². The van der Waals surface area contributed by atoms with Crippen molar-refractivity contribution >= 4 is 81.6 Å². The minimum atomic E-state index is 0.597. The van der Waals surface area contributed by atoms with Crippen LogP contribution in [0.5, 0.6) is 0 Å². The third-order valence-electron chi connectivity index (χ3n) is 9.09. The lowest BCUT2D eigenvalue weighted by molar-refractivity contribution is 0.619. The predicted octanol–water partition coefficient (Wildman–Crippen LogP) is 12.9. The van der Waals surface area contributed by atoms with E-state index in [-0.39, 0.29) is 0 Å². The summed E-state index contributed by atoms with van der Waals surface area (Å²) in [6.07, 6.45) is 0. The number of furan rings is 1. The van der Waals surface area contributed by atoms with Crippen LogP contribution in [0.4, 0.5) is 17.1 Å². The van der Waals surface area contributed by atoms with E-state index in [0.717, 1.165) is 61.2 Å². The second kappa shape index (κ2) is 10.7. The first-order valence-electron chi connectivity index (χ1n) is 16.0. The van der Waals surface area contributed by atoms with E-state index in [0.29, 0.717) is 5.89 Å². The van der Waals surface area contributed by atoms with Gasteiger partial charge in [0.25, 0.3) is 0 Å². The summed E-state index contributed by atoms with van der Waals surface area (Å²) in [5.74, 6) is 0.597. The molecule has 0 aliphatic rings. The van der Waals surface area contributed by atoms with Crippen LogP contribution >= 0.6 is 11.3 Å². The zero-order chi connectivity index (χ0) is 31.6. The summed E-state index contributed by atoms with van der Waals surface area (Å²) < 4.78 is 15.5. The van der Waals surface area contributed by atoms with E-state index in [4.69, 9.17) is 13.8 Å². The molecule has 5 heteroatoms. The van der Waals surface area contributed by atoms with Gasteiger partial charge in [0, 0.05) is 42.5 Å². The predicted molar refractivity (Wildman–Crippen MR) is 200 cm³/mol. The largest absolute Gasteiger partial charge is 0.454 e. The van der Waals surface area contributed by atoms with Gasteiger partial charge >= 0.3 is 0 Å². The van der Waals surface area contributed by atoms with Gasteiger partial charge in [-0.2, -0.15) is 0 Å². The second-order valence-electron chi connectivity index (χ2n) is 12.0. The highest BCUT2D eigenvalue weighted by Crippen LogP contribution is 2.46. The average Bonchev–Trinajstić information content (AvgIpc) is 3.86. The highest BCUT2D eigenvalue weighted by Gasteiger charge is 2.23. The molecule has 0 saturated heterocycles. The highest BCUT2D eigenvalue weighted by molar-refractivity contribution is 7.25. The Morgan fingerprint density at radius 3 is 2.04 bits per heavy atom. The van der Waals surface area contributed by atoms with Crippen molar-refractivity contribution in [3.8, 4) is 22.6 Å². The number of aromatic nitrogens is 1. The summed E-state index contributed by atoms with van der Waals surface area (Å²) in [5.41, 5.74) is 9.42. The number of nitrogens with zero attached hydrogens (tertiary/aromatic N) is 2. The van der Waals surface area contributed by atoms with Crippen molar-refractivity contribution in [3.05, 3.63) is 158 Å². The first-order chi connectivity index (χ1) is 23.8. The Hall–Kier alpha value is -6.17. The van der Waals surface area contributed by atoms with Gasteiger partial charge in [0.1, 0.15) is 11.1 Å². The van der Waals surface area contributed by atoms with Crippen LogP contribution in [0.15, 0.2) is 167 Å². The molecule has 7 aromatic carbocycles. The van der Waals surface area contributed by atoms with Crippen LogP contribution in [0.1, 0.15) is 0 Å². The number of fused-ring (bicyclic) bond motifs is 8. The summed E-state index contributed by atoms with van der Waals surface area (Å²) in [6.45, 7) is 0. The topological polar surface area (TPSA) is 42.4 Å². The van der Waals surface area contributed by atoms with Crippen molar-refractivity contribution < 1.29 is 8.83 Å². The van der Waals surface area contributed by atoms with Crippen LogP contribution in [-0.4, -0.2) is 4.98 Å². The molecule has 0 bridgehead atoms. The fourth-order valence-corrected chi connectivity index (χ4v) is 8.02. The second-order valence-corrected chi connectivity index (χ2v) is 13.0. The molecule has 0 radical (unpaired) electrons. The van der Waals surface area contributed by atoms with Gasteiger partial charge in [-0.05, 0) is 71.8 Å². The smallest absolute Gasteiger partial charge is 0.227 e. The van der Waals surface area contributed by atoms with Crippen LogP contribution < -0.4 is 4.90 Å². The zero-order valence-corrected chi connectivity index (χ0v) is 26.4. The SMILES string of the molecule is c1ccc(-c2cccc(N(c3ccc4c(c3)sc3ccccc34)c3cccc4c3oc3ccc5oc(-c6ccccc6)nc5c34)c2)cc1. The lowest BCUT2D eigenvalue weighted by Gasteiger charge is -2.26. The molecular weight excluding hydrogens is 609 g/mol. The van der Waals surface area contributed by atoms with Crippen molar-refractivity contribution in [1.29, 1.82) is 0 Å². The molecule has 0 N–H and O–H groups in total. The van der Waals surface area contributed by atoms with Crippen LogP contribution in [0, 0.1) is 0 Å². The molecule has 48 heavy (non-hydrogen) atoms. The monoisotopic (exact) mass is 634 g/mol. The molecule has 3 heterocycles. The molecular formula is C43H26N2O2S. The molecule has 0 unspecified atom stereocenters. The zero-order valence-electron chi connectivity index (χ0n) is 25.6. The molecule has 10 aromatic rings.